The van der Waals surface area contributed by atoms with E-state index >= 15 is 0 Å². The molecule has 1 rings (SSSR count). The molecule has 0 heterocycles. The number of benzene rings is 1. The van der Waals surface area contributed by atoms with E-state index < -0.39 is 0 Å². The zero-order valence-corrected chi connectivity index (χ0v) is 9.08. The van der Waals surface area contributed by atoms with E-state index in [0.29, 0.717) is 23.8 Å². The Morgan fingerprint density at radius 1 is 1.33 bits per heavy atom. The summed E-state index contributed by atoms with van der Waals surface area (Å²) in [5, 5.41) is 8.81. The molecule has 0 bridgehead atoms. The van der Waals surface area contributed by atoms with Gasteiger partial charge in [0.1, 0.15) is 5.75 Å². The molecule has 2 nitrogen and oxygen atoms in total. The first kappa shape index (κ1) is 11.3. The zero-order valence-electron chi connectivity index (χ0n) is 9.08. The van der Waals surface area contributed by atoms with Crippen LogP contribution >= 0.6 is 0 Å². The molecule has 15 heavy (non-hydrogen) atoms. The minimum Gasteiger partial charge on any atom is -0.493 e. The summed E-state index contributed by atoms with van der Waals surface area (Å²) in [5.74, 6) is 1.17. The molecule has 0 aliphatic heterocycles. The van der Waals surface area contributed by atoms with Gasteiger partial charge >= 0.3 is 0 Å². The van der Waals surface area contributed by atoms with Crippen LogP contribution in [-0.2, 0) is 0 Å². The smallest absolute Gasteiger partial charge is 0.121 e. The summed E-state index contributed by atoms with van der Waals surface area (Å²) in [7, 11) is 0. The van der Waals surface area contributed by atoms with Crippen molar-refractivity contribution in [1.82, 2.24) is 0 Å². The molecule has 0 saturated carbocycles. The Morgan fingerprint density at radius 3 is 2.53 bits per heavy atom. The van der Waals surface area contributed by atoms with Crippen LogP contribution in [0.2, 0.25) is 0 Å². The Labute approximate surface area is 90.8 Å². The van der Waals surface area contributed by atoms with Gasteiger partial charge in [0.2, 0.25) is 0 Å². The van der Waals surface area contributed by atoms with Crippen LogP contribution in [0.15, 0.2) is 24.8 Å². The van der Waals surface area contributed by atoms with Crippen molar-refractivity contribution in [2.45, 2.75) is 13.8 Å². The van der Waals surface area contributed by atoms with Crippen LogP contribution in [0.3, 0.4) is 0 Å². The summed E-state index contributed by atoms with van der Waals surface area (Å²) in [6.07, 6.45) is 2.75. The fourth-order valence-corrected chi connectivity index (χ4v) is 1.11. The van der Waals surface area contributed by atoms with Crippen LogP contribution in [0, 0.1) is 23.3 Å². The second-order valence-electron chi connectivity index (χ2n) is 3.74. The summed E-state index contributed by atoms with van der Waals surface area (Å²) in [5.41, 5.74) is 1.36. The van der Waals surface area contributed by atoms with Crippen molar-refractivity contribution < 1.29 is 4.74 Å². The van der Waals surface area contributed by atoms with E-state index in [-0.39, 0.29) is 0 Å². The standard InChI is InChI=1S/C13H14NO/c1-4-11-5-12(8-14)7-13(6-11)15-9-10(2)3/h5-7,10H,1,9H2,2-3H3. The van der Waals surface area contributed by atoms with E-state index in [2.05, 4.69) is 32.6 Å². The summed E-state index contributed by atoms with van der Waals surface area (Å²) in [4.78, 5) is 0. The maximum absolute atomic E-state index is 8.81. The van der Waals surface area contributed by atoms with Gasteiger partial charge in [-0.25, -0.2) is 0 Å². The molecule has 0 unspecified atom stereocenters. The number of hydrogen-bond acceptors (Lipinski definition) is 2. The fraction of sp³-hybridized carbons (Fsp3) is 0.308. The van der Waals surface area contributed by atoms with E-state index in [9.17, 15) is 0 Å². The predicted molar refractivity (Wildman–Crippen MR) is 59.5 cm³/mol. The lowest BCUT2D eigenvalue weighted by molar-refractivity contribution is 0.271. The Balaban J connectivity index is 2.88. The molecule has 0 amide bonds. The van der Waals surface area contributed by atoms with Crippen LogP contribution in [0.1, 0.15) is 25.0 Å². The highest BCUT2D eigenvalue weighted by atomic mass is 16.5. The first-order valence-corrected chi connectivity index (χ1v) is 4.86. The van der Waals surface area contributed by atoms with E-state index in [1.807, 2.05) is 6.07 Å². The topological polar surface area (TPSA) is 33.0 Å². The van der Waals surface area contributed by atoms with E-state index in [0.717, 1.165) is 5.56 Å². The lowest BCUT2D eigenvalue weighted by atomic mass is 10.1. The van der Waals surface area contributed by atoms with Gasteiger partial charge in [-0.05, 0) is 35.8 Å². The molecule has 0 aliphatic rings. The molecule has 0 saturated heterocycles. The Kier molecular flexibility index (Phi) is 3.93. The number of nitriles is 1. The number of rotatable bonds is 4. The average Bonchev–Trinajstić information content (AvgIpc) is 2.25. The highest BCUT2D eigenvalue weighted by Gasteiger charge is 2.01. The van der Waals surface area contributed by atoms with Crippen molar-refractivity contribution in [3.63, 3.8) is 0 Å². The molecule has 1 radical (unpaired) electrons. The van der Waals surface area contributed by atoms with Crippen LogP contribution in [0.5, 0.6) is 5.75 Å². The molecule has 1 aromatic rings. The van der Waals surface area contributed by atoms with Crippen LogP contribution in [0.4, 0.5) is 0 Å². The Morgan fingerprint density at radius 2 is 2.00 bits per heavy atom. The van der Waals surface area contributed by atoms with Gasteiger partial charge in [-0.1, -0.05) is 20.4 Å². The molecule has 0 fully saturated rings. The normalized spacial score (nSPS) is 9.73. The van der Waals surface area contributed by atoms with Gasteiger partial charge in [-0.3, -0.25) is 0 Å². The summed E-state index contributed by atoms with van der Waals surface area (Å²) < 4.78 is 5.53. The van der Waals surface area contributed by atoms with Gasteiger partial charge in [-0.2, -0.15) is 5.26 Å². The van der Waals surface area contributed by atoms with Crippen molar-refractivity contribution in [2.24, 2.45) is 5.92 Å². The highest BCUT2D eigenvalue weighted by molar-refractivity contribution is 5.42. The van der Waals surface area contributed by atoms with Crippen LogP contribution in [0.25, 0.3) is 0 Å². The van der Waals surface area contributed by atoms with Crippen molar-refractivity contribution in [2.75, 3.05) is 6.61 Å². The maximum Gasteiger partial charge on any atom is 0.121 e. The van der Waals surface area contributed by atoms with Crippen LogP contribution in [-0.4, -0.2) is 6.61 Å². The van der Waals surface area contributed by atoms with Gasteiger partial charge in [0, 0.05) is 0 Å². The molecule has 1 aromatic carbocycles. The lowest BCUT2D eigenvalue weighted by Crippen LogP contribution is -2.04. The van der Waals surface area contributed by atoms with Gasteiger partial charge in [0.25, 0.3) is 0 Å². The van der Waals surface area contributed by atoms with Crippen molar-refractivity contribution >= 4 is 0 Å². The first-order chi connectivity index (χ1) is 7.15. The molecule has 0 aliphatic carbocycles. The molecule has 77 valence electrons. The first-order valence-electron chi connectivity index (χ1n) is 4.86. The fourth-order valence-electron chi connectivity index (χ4n) is 1.11. The van der Waals surface area contributed by atoms with Crippen molar-refractivity contribution in [3.05, 3.63) is 42.0 Å². The minimum absolute atomic E-state index is 0.465. The number of nitrogens with zero attached hydrogens (tertiary/aromatic N) is 1. The third-order valence-corrected chi connectivity index (χ3v) is 1.82. The Hall–Kier alpha value is -1.75. The zero-order chi connectivity index (χ0) is 11.3. The van der Waals surface area contributed by atoms with Crippen LogP contribution < -0.4 is 4.74 Å². The molecule has 0 N–H and O–H groups in total. The SMILES string of the molecule is C=[C]c1cc(C#N)cc(OCC(C)C)c1. The lowest BCUT2D eigenvalue weighted by Gasteiger charge is -2.09. The number of ether oxygens (including phenoxy) is 1. The summed E-state index contributed by atoms with van der Waals surface area (Å²) in [6, 6.07) is 7.37. The summed E-state index contributed by atoms with van der Waals surface area (Å²) in [6.45, 7) is 8.35. The second-order valence-corrected chi connectivity index (χ2v) is 3.74. The highest BCUT2D eigenvalue weighted by Crippen LogP contribution is 2.17. The van der Waals surface area contributed by atoms with E-state index in [4.69, 9.17) is 10.00 Å². The second kappa shape index (κ2) is 5.21. The van der Waals surface area contributed by atoms with Gasteiger partial charge in [0.05, 0.1) is 18.2 Å². The summed E-state index contributed by atoms with van der Waals surface area (Å²) >= 11 is 0. The van der Waals surface area contributed by atoms with Gasteiger partial charge in [-0.15, -0.1) is 0 Å². The molecular weight excluding hydrogens is 186 g/mol. The van der Waals surface area contributed by atoms with Gasteiger partial charge in [0.15, 0.2) is 0 Å². The van der Waals surface area contributed by atoms with Gasteiger partial charge < -0.3 is 4.74 Å². The molecule has 0 aromatic heterocycles. The third kappa shape index (κ3) is 3.47. The predicted octanol–water partition coefficient (Wildman–Crippen LogP) is 2.93. The molecular formula is C13H14NO. The molecule has 0 spiro atoms. The van der Waals surface area contributed by atoms with Crippen molar-refractivity contribution in [1.29, 1.82) is 5.26 Å². The largest absolute Gasteiger partial charge is 0.493 e. The Bertz CT molecular complexity index is 388. The van der Waals surface area contributed by atoms with E-state index in [1.165, 1.54) is 0 Å². The maximum atomic E-state index is 8.81. The molecule has 2 heteroatoms. The quantitative estimate of drug-likeness (QED) is 0.748. The number of hydrogen-bond donors (Lipinski definition) is 0. The van der Waals surface area contributed by atoms with Crippen molar-refractivity contribution in [3.8, 4) is 11.8 Å². The van der Waals surface area contributed by atoms with E-state index in [1.54, 1.807) is 12.1 Å². The minimum atomic E-state index is 0.465. The average molecular weight is 200 g/mol. The third-order valence-electron chi connectivity index (χ3n) is 1.82. The molecule has 0 atom stereocenters. The monoisotopic (exact) mass is 200 g/mol.